The molecule has 0 aromatic heterocycles. The molecule has 0 bridgehead atoms. The van der Waals surface area contributed by atoms with E-state index >= 15 is 0 Å². The molecule has 1 atom stereocenters. The minimum absolute atomic E-state index is 0.0745. The summed E-state index contributed by atoms with van der Waals surface area (Å²) in [6, 6.07) is 11.2. The van der Waals surface area contributed by atoms with Gasteiger partial charge in [0, 0.05) is 18.5 Å². The second-order valence-electron chi connectivity index (χ2n) is 6.67. The average molecular weight is 387 g/mol. The number of hydrazone groups is 1. The zero-order valence-electron chi connectivity index (χ0n) is 14.6. The highest BCUT2D eigenvalue weighted by molar-refractivity contribution is 8.15. The lowest BCUT2D eigenvalue weighted by molar-refractivity contribution is -0.134. The van der Waals surface area contributed by atoms with Crippen LogP contribution in [-0.2, 0) is 16.1 Å². The van der Waals surface area contributed by atoms with Gasteiger partial charge in [-0.2, -0.15) is 5.10 Å². The van der Waals surface area contributed by atoms with Gasteiger partial charge in [0.2, 0.25) is 5.91 Å². The molecule has 4 nitrogen and oxygen atoms in total. The van der Waals surface area contributed by atoms with Crippen LogP contribution in [0.25, 0.3) is 0 Å². The van der Waals surface area contributed by atoms with Crippen molar-refractivity contribution in [3.8, 4) is 0 Å². The number of halogens is 2. The minimum atomic E-state index is -0.741. The number of hydrogen-bond donors (Lipinski definition) is 1. The van der Waals surface area contributed by atoms with Crippen molar-refractivity contribution in [1.29, 1.82) is 0 Å². The maximum absolute atomic E-state index is 14.4. The smallest absolute Gasteiger partial charge is 0.245 e. The number of carbonyl (C=O) groups is 1. The van der Waals surface area contributed by atoms with Gasteiger partial charge < -0.3 is 5.73 Å². The largest absolute Gasteiger partial charge is 0.330 e. The van der Waals surface area contributed by atoms with Crippen LogP contribution in [0.3, 0.4) is 0 Å². The fourth-order valence-corrected chi connectivity index (χ4v) is 5.24. The van der Waals surface area contributed by atoms with Crippen LogP contribution in [0.5, 0.6) is 0 Å². The van der Waals surface area contributed by atoms with E-state index in [4.69, 9.17) is 5.73 Å². The topological polar surface area (TPSA) is 58.7 Å². The minimum Gasteiger partial charge on any atom is -0.330 e. The summed E-state index contributed by atoms with van der Waals surface area (Å²) >= 11 is 1.32. The van der Waals surface area contributed by atoms with E-state index in [1.54, 1.807) is 0 Å². The number of thioether (sulfide) groups is 1. The van der Waals surface area contributed by atoms with Gasteiger partial charge in [0.05, 0.1) is 0 Å². The number of benzene rings is 2. The molecule has 1 spiro atoms. The van der Waals surface area contributed by atoms with Gasteiger partial charge in [-0.15, -0.1) is 0 Å². The monoisotopic (exact) mass is 387 g/mol. The molecule has 1 unspecified atom stereocenters. The normalized spacial score (nSPS) is 21.3. The van der Waals surface area contributed by atoms with Gasteiger partial charge in [0.1, 0.15) is 21.5 Å². The van der Waals surface area contributed by atoms with Crippen LogP contribution in [0.15, 0.2) is 47.6 Å². The van der Waals surface area contributed by atoms with Crippen molar-refractivity contribution in [1.82, 2.24) is 5.01 Å². The first kappa shape index (κ1) is 18.1. The summed E-state index contributed by atoms with van der Waals surface area (Å²) in [6.07, 6.45) is 2.63. The van der Waals surface area contributed by atoms with E-state index in [9.17, 15) is 13.6 Å². The van der Waals surface area contributed by atoms with Gasteiger partial charge in [0.15, 0.2) is 0 Å². The Morgan fingerprint density at radius 2 is 2.07 bits per heavy atom. The van der Waals surface area contributed by atoms with Gasteiger partial charge in [-0.1, -0.05) is 36.0 Å². The van der Waals surface area contributed by atoms with Gasteiger partial charge in [-0.05, 0) is 48.6 Å². The van der Waals surface area contributed by atoms with E-state index in [0.717, 1.165) is 42.2 Å². The first-order valence-corrected chi connectivity index (χ1v) is 9.71. The van der Waals surface area contributed by atoms with E-state index in [2.05, 4.69) is 5.10 Å². The Kier molecular flexibility index (Phi) is 4.74. The van der Waals surface area contributed by atoms with Crippen LogP contribution >= 0.6 is 11.8 Å². The number of nitrogens with zero attached hydrogens (tertiary/aromatic N) is 2. The van der Waals surface area contributed by atoms with E-state index < -0.39 is 16.5 Å². The number of nitrogens with two attached hydrogens (primary N) is 1. The van der Waals surface area contributed by atoms with E-state index in [-0.39, 0.29) is 24.4 Å². The summed E-state index contributed by atoms with van der Waals surface area (Å²) in [5.41, 5.74) is 7.81. The van der Waals surface area contributed by atoms with Crippen LogP contribution < -0.4 is 5.73 Å². The van der Waals surface area contributed by atoms with Crippen molar-refractivity contribution in [2.24, 2.45) is 10.8 Å². The van der Waals surface area contributed by atoms with Crippen molar-refractivity contribution in [3.05, 3.63) is 70.8 Å². The number of fused-ring (bicyclic) bond motifs is 2. The molecule has 0 fully saturated rings. The molecule has 0 saturated heterocycles. The Hall–Kier alpha value is -2.25. The van der Waals surface area contributed by atoms with Crippen LogP contribution in [0.4, 0.5) is 8.78 Å². The van der Waals surface area contributed by atoms with Crippen molar-refractivity contribution in [2.45, 2.75) is 30.6 Å². The van der Waals surface area contributed by atoms with Crippen molar-refractivity contribution >= 4 is 22.7 Å². The summed E-state index contributed by atoms with van der Waals surface area (Å²) in [5, 5.41) is 6.22. The lowest BCUT2D eigenvalue weighted by Gasteiger charge is -2.40. The fraction of sp³-hybridized carbons (Fsp3) is 0.300. The van der Waals surface area contributed by atoms with Crippen LogP contribution in [0, 0.1) is 11.6 Å². The third-order valence-corrected chi connectivity index (χ3v) is 6.38. The molecule has 1 amide bonds. The van der Waals surface area contributed by atoms with Crippen molar-refractivity contribution < 1.29 is 13.6 Å². The van der Waals surface area contributed by atoms with Crippen molar-refractivity contribution in [3.63, 3.8) is 0 Å². The first-order chi connectivity index (χ1) is 13.0. The summed E-state index contributed by atoms with van der Waals surface area (Å²) < 4.78 is 28.1. The van der Waals surface area contributed by atoms with Crippen molar-refractivity contribution in [2.75, 3.05) is 6.54 Å². The number of rotatable bonds is 3. The predicted molar refractivity (Wildman–Crippen MR) is 102 cm³/mol. The van der Waals surface area contributed by atoms with E-state index in [1.807, 2.05) is 24.3 Å². The highest BCUT2D eigenvalue weighted by Crippen LogP contribution is 2.53. The maximum atomic E-state index is 14.4. The summed E-state index contributed by atoms with van der Waals surface area (Å²) in [5.74, 6) is -1.32. The molecule has 1 aliphatic carbocycles. The number of carbonyl (C=O) groups excluding carboxylic acids is 1. The molecule has 2 N–H and O–H groups in total. The molecular formula is C20H19F2N3OS. The third-order valence-electron chi connectivity index (χ3n) is 4.95. The van der Waals surface area contributed by atoms with Gasteiger partial charge in [0.25, 0.3) is 0 Å². The molecule has 2 aromatic carbocycles. The Morgan fingerprint density at radius 3 is 2.89 bits per heavy atom. The highest BCUT2D eigenvalue weighted by Gasteiger charge is 2.50. The molecule has 1 heterocycles. The molecule has 27 heavy (non-hydrogen) atoms. The molecule has 1 aliphatic heterocycles. The molecular weight excluding hydrogens is 368 g/mol. The quantitative estimate of drug-likeness (QED) is 0.873. The Labute approximate surface area is 160 Å². The number of aryl methyl sites for hydroxylation is 1. The Morgan fingerprint density at radius 1 is 1.26 bits per heavy atom. The maximum Gasteiger partial charge on any atom is 0.245 e. The zero-order chi connectivity index (χ0) is 19.0. The van der Waals surface area contributed by atoms with Crippen LogP contribution in [-0.4, -0.2) is 22.5 Å². The highest BCUT2D eigenvalue weighted by atomic mass is 32.2. The first-order valence-electron chi connectivity index (χ1n) is 8.90. The summed E-state index contributed by atoms with van der Waals surface area (Å²) in [4.78, 5) is 12.1. The average Bonchev–Trinajstić information content (AvgIpc) is 3.04. The third kappa shape index (κ3) is 3.04. The van der Waals surface area contributed by atoms with Crippen LogP contribution in [0.2, 0.25) is 0 Å². The molecule has 140 valence electrons. The van der Waals surface area contributed by atoms with Gasteiger partial charge >= 0.3 is 0 Å². The molecule has 0 radical (unpaired) electrons. The van der Waals surface area contributed by atoms with E-state index in [0.29, 0.717) is 11.5 Å². The summed E-state index contributed by atoms with van der Waals surface area (Å²) in [6.45, 7) is 0.205. The molecule has 2 aliphatic rings. The Bertz CT molecular complexity index is 933. The Balaban J connectivity index is 1.84. The standard InChI is InChI=1S/C20H19F2N3OS/c21-14-7-8-17(22)15(12-14)19-24-25(18(26)9-11-23)20(27-19)10-3-5-13-4-1-2-6-16(13)20/h1-2,4,6-8,12H,3,5,9-11,23H2. The number of hydrogen-bond acceptors (Lipinski definition) is 4. The molecule has 4 rings (SSSR count). The lowest BCUT2D eigenvalue weighted by atomic mass is 9.86. The van der Waals surface area contributed by atoms with E-state index in [1.165, 1.54) is 16.8 Å². The van der Waals surface area contributed by atoms with Gasteiger partial charge in [-0.25, -0.2) is 13.8 Å². The lowest BCUT2D eigenvalue weighted by Crippen LogP contribution is -2.44. The van der Waals surface area contributed by atoms with Gasteiger partial charge in [-0.3, -0.25) is 4.79 Å². The van der Waals surface area contributed by atoms with Crippen LogP contribution in [0.1, 0.15) is 36.0 Å². The molecule has 2 aromatic rings. The number of amides is 1. The molecule has 0 saturated carbocycles. The second-order valence-corrected chi connectivity index (χ2v) is 7.94. The second kappa shape index (κ2) is 7.05. The fourth-order valence-electron chi connectivity index (χ4n) is 3.75. The molecule has 7 heteroatoms. The summed E-state index contributed by atoms with van der Waals surface area (Å²) in [7, 11) is 0. The SMILES string of the molecule is NCCC(=O)N1N=C(c2cc(F)ccc2F)SC12CCCc1ccccc12. The zero-order valence-corrected chi connectivity index (χ0v) is 15.4. The predicted octanol–water partition coefficient (Wildman–Crippen LogP) is 3.74.